The number of hydrogen-bond acceptors (Lipinski definition) is 4. The molecule has 0 bridgehead atoms. The van der Waals surface area contributed by atoms with E-state index in [1.165, 1.54) is 0 Å². The average molecular weight is 163 g/mol. The molecule has 0 N–H and O–H groups in total. The topological polar surface area (TPSA) is 80.3 Å². The molecule has 0 saturated carbocycles. The maximum atomic E-state index is 8.63. The fraction of sp³-hybridized carbons (Fsp3) is 0. The molecule has 5 heavy (non-hydrogen) atoms. The Bertz CT molecular complexity index is 86.8. The van der Waals surface area contributed by atoms with E-state index in [0.29, 0.717) is 0 Å². The van der Waals surface area contributed by atoms with Crippen LogP contribution in [0.15, 0.2) is 0 Å². The molecule has 0 spiro atoms. The molecule has 0 saturated heterocycles. The van der Waals surface area contributed by atoms with Crippen molar-refractivity contribution in [3.8, 4) is 0 Å². The van der Waals surface area contributed by atoms with Gasteiger partial charge in [-0.2, -0.15) is 0 Å². The Morgan fingerprint density at radius 3 is 1.20 bits per heavy atom. The van der Waals surface area contributed by atoms with Gasteiger partial charge in [0.2, 0.25) is 0 Å². The summed E-state index contributed by atoms with van der Waals surface area (Å²) in [6.45, 7) is 0. The van der Waals surface area contributed by atoms with Crippen LogP contribution in [0.25, 0.3) is 0 Å². The van der Waals surface area contributed by atoms with Crippen LogP contribution >= 0.6 is 0 Å². The second-order valence-electron chi connectivity index (χ2n) is 0.408. The molecule has 0 atom stereocenters. The van der Waals surface area contributed by atoms with Gasteiger partial charge in [0.15, 0.2) is 0 Å². The third-order valence-corrected chi connectivity index (χ3v) is 0. The summed E-state index contributed by atoms with van der Waals surface area (Å²) in [6, 6.07) is 0. The Morgan fingerprint density at radius 2 is 1.20 bits per heavy atom. The second-order valence-corrected chi connectivity index (χ2v) is 2.42. The van der Waals surface area contributed by atoms with Crippen LogP contribution in [0.5, 0.6) is 0 Å². The summed E-state index contributed by atoms with van der Waals surface area (Å²) in [6.07, 6.45) is 0. The van der Waals surface area contributed by atoms with Gasteiger partial charge >= 0.3 is 31.1 Å². The molecule has 0 unspecified atom stereocenters. The Balaban J connectivity index is 4.06. The molecule has 32 valence electrons. The summed E-state index contributed by atoms with van der Waals surface area (Å²) in [7, 11) is 0. The Hall–Kier alpha value is 0.208. The average Bonchev–Trinajstić information content (AvgIpc) is 0.722. The van der Waals surface area contributed by atoms with Crippen molar-refractivity contribution in [3.05, 3.63) is 0 Å². The van der Waals surface area contributed by atoms with Crippen molar-refractivity contribution in [1.29, 1.82) is 0 Å². The van der Waals surface area contributed by atoms with Gasteiger partial charge < -0.3 is 0 Å². The van der Waals surface area contributed by atoms with E-state index in [-0.39, 0.29) is 0 Å². The van der Waals surface area contributed by atoms with Gasteiger partial charge in [-0.1, -0.05) is 0 Å². The van der Waals surface area contributed by atoms with Crippen molar-refractivity contribution in [2.75, 3.05) is 0 Å². The van der Waals surface area contributed by atoms with Crippen LogP contribution in [0.3, 0.4) is 0 Å². The first kappa shape index (κ1) is 5.21. The predicted molar refractivity (Wildman–Crippen MR) is 1.37 cm³/mol. The van der Waals surface area contributed by atoms with Crippen molar-refractivity contribution in [2.24, 2.45) is 0 Å². The van der Waals surface area contributed by atoms with Crippen LogP contribution in [-0.4, -0.2) is 0 Å². The number of rotatable bonds is 0. The van der Waals surface area contributed by atoms with E-state index in [9.17, 15) is 0 Å². The Morgan fingerprint density at radius 1 is 1.20 bits per heavy atom. The van der Waals surface area contributed by atoms with E-state index < -0.39 is 16.7 Å². The minimum absolute atomic E-state index is 6.02. The molecule has 0 radical (unpaired) electrons. The normalized spacial score (nSPS) is 11.6. The third-order valence-electron chi connectivity index (χ3n) is 0. The van der Waals surface area contributed by atoms with Crippen molar-refractivity contribution in [1.82, 2.24) is 0 Å². The van der Waals surface area contributed by atoms with Crippen molar-refractivity contribution >= 4 is 0 Å². The summed E-state index contributed by atoms with van der Waals surface area (Å²) in [4.78, 5) is 0. The molecule has 0 aromatic carbocycles. The van der Waals surface area contributed by atoms with E-state index in [1.54, 1.807) is 0 Å². The van der Waals surface area contributed by atoms with Crippen molar-refractivity contribution in [3.63, 3.8) is 0 Å². The molecular weight excluding hydrogens is 163 g/mol. The fourth-order valence-electron chi connectivity index (χ4n) is 0. The minimum atomic E-state index is -6.02. The Labute approximate surface area is 31.8 Å². The van der Waals surface area contributed by atoms with Gasteiger partial charge in [-0.15, -0.1) is 0 Å². The van der Waals surface area contributed by atoms with Gasteiger partial charge in [0.05, 0.1) is 0 Å². The summed E-state index contributed by atoms with van der Waals surface area (Å²) < 4.78 is 34.5. The maximum absolute atomic E-state index is 8.63. The first-order valence-electron chi connectivity index (χ1n) is 0.667. The van der Waals surface area contributed by atoms with Crippen LogP contribution in [0.4, 0.5) is 0 Å². The molecule has 5 heteroatoms. The zero-order valence-corrected chi connectivity index (χ0v) is 4.05. The second kappa shape index (κ2) is 1.12. The van der Waals surface area contributed by atoms with Gasteiger partial charge in [0, 0.05) is 0 Å². The van der Waals surface area contributed by atoms with Gasteiger partial charge in [-0.25, -0.2) is 0 Å². The predicted octanol–water partition coefficient (Wildman–Crippen LogP) is -2.62. The molecule has 0 aliphatic heterocycles. The van der Waals surface area contributed by atoms with Gasteiger partial charge in [-0.05, 0) is 0 Å². The van der Waals surface area contributed by atoms with Crippen LogP contribution in [0.2, 0.25) is 0 Å². The quantitative estimate of drug-likeness (QED) is 0.366. The zero-order valence-electron chi connectivity index (χ0n) is 2.04. The molecule has 0 heterocycles. The van der Waals surface area contributed by atoms with Crippen LogP contribution in [0.1, 0.15) is 0 Å². The van der Waals surface area contributed by atoms with Gasteiger partial charge in [0.25, 0.3) is 0 Å². The van der Waals surface area contributed by atoms with E-state index in [4.69, 9.17) is 14.3 Å². The zero-order chi connectivity index (χ0) is 4.50. The molecule has 4 nitrogen and oxygen atoms in total. The van der Waals surface area contributed by atoms with Crippen LogP contribution in [0, 0.1) is 0 Å². The van der Waals surface area contributed by atoms with Crippen LogP contribution < -0.4 is 7.52 Å². The van der Waals surface area contributed by atoms with Gasteiger partial charge in [-0.3, -0.25) is 0 Å². The molecule has 0 aliphatic rings. The Kier molecular flexibility index (Phi) is 1.17. The summed E-state index contributed by atoms with van der Waals surface area (Å²) in [5.74, 6) is 0. The van der Waals surface area contributed by atoms with Crippen molar-refractivity contribution in [2.45, 2.75) is 0 Å². The SMILES string of the molecule is [O]=[99Mo](=[O])([O-])[O-]. The molecule has 0 aromatic heterocycles. The van der Waals surface area contributed by atoms with Crippen LogP contribution in [-0.2, 0) is 23.5 Å². The van der Waals surface area contributed by atoms with Gasteiger partial charge in [0.1, 0.15) is 0 Å². The third kappa shape index (κ3) is 473. The summed E-state index contributed by atoms with van der Waals surface area (Å²) in [5.41, 5.74) is 0. The molecule has 0 amide bonds. The van der Waals surface area contributed by atoms with E-state index in [2.05, 4.69) is 0 Å². The first-order valence-corrected chi connectivity index (χ1v) is 3.94. The van der Waals surface area contributed by atoms with E-state index >= 15 is 0 Å². The summed E-state index contributed by atoms with van der Waals surface area (Å²) in [5, 5.41) is 0. The standard InChI is InChI=1S/Mo.4O/q;;;2*-1/i1+3;;;;. The molecule has 0 rings (SSSR count). The fourth-order valence-corrected chi connectivity index (χ4v) is 0. The first-order chi connectivity index (χ1) is 2.00. The monoisotopic (exact) mass is 163 g/mol. The number of hydrogen-bond donors (Lipinski definition) is 0. The van der Waals surface area contributed by atoms with Crippen molar-refractivity contribution < 1.29 is 31.1 Å². The summed E-state index contributed by atoms with van der Waals surface area (Å²) >= 11 is -6.02. The van der Waals surface area contributed by atoms with E-state index in [1.807, 2.05) is 0 Å². The van der Waals surface area contributed by atoms with E-state index in [0.717, 1.165) is 0 Å². The molecule has 0 fully saturated rings. The molecule has 0 aliphatic carbocycles. The molecule has 0 aromatic rings. The molecular formula is MoO4-2.